The fraction of sp³-hybridized carbons (Fsp3) is 0.0909. The molecule has 5 rings (SSSR count). The maximum Gasteiger partial charge on any atom is 0.325 e. The Morgan fingerprint density at radius 1 is 1.00 bits per heavy atom. The first-order valence-electron chi connectivity index (χ1n) is 9.20. The van der Waals surface area contributed by atoms with E-state index in [4.69, 9.17) is 4.74 Å². The molecule has 1 unspecified atom stereocenters. The number of fused-ring (bicyclic) bond motifs is 2. The second-order valence-corrected chi connectivity index (χ2v) is 6.74. The summed E-state index contributed by atoms with van der Waals surface area (Å²) >= 11 is 0. The van der Waals surface area contributed by atoms with Gasteiger partial charge in [-0.15, -0.1) is 0 Å². The molecule has 7 heteroatoms. The van der Waals surface area contributed by atoms with Gasteiger partial charge in [-0.3, -0.25) is 9.67 Å². The van der Waals surface area contributed by atoms with Crippen LogP contribution in [0.4, 0.5) is 0 Å². The third-order valence-corrected chi connectivity index (χ3v) is 4.84. The highest BCUT2D eigenvalue weighted by molar-refractivity contribution is 5.82. The van der Waals surface area contributed by atoms with Gasteiger partial charge in [0.1, 0.15) is 5.75 Å². The Kier molecular flexibility index (Phi) is 4.05. The van der Waals surface area contributed by atoms with Crippen LogP contribution in [0.3, 0.4) is 0 Å². The van der Waals surface area contributed by atoms with E-state index in [0.29, 0.717) is 16.7 Å². The molecule has 29 heavy (non-hydrogen) atoms. The van der Waals surface area contributed by atoms with E-state index >= 15 is 0 Å². The Balaban J connectivity index is 1.46. The zero-order valence-corrected chi connectivity index (χ0v) is 15.6. The number of benzene rings is 2. The normalized spacial score (nSPS) is 12.3. The molecule has 1 atom stereocenters. The van der Waals surface area contributed by atoms with E-state index in [0.717, 1.165) is 10.9 Å². The third-order valence-electron chi connectivity index (χ3n) is 4.84. The molecule has 0 aliphatic rings. The number of hydrogen-bond acceptors (Lipinski definition) is 6. The first kappa shape index (κ1) is 17.1. The summed E-state index contributed by atoms with van der Waals surface area (Å²) in [5.74, 6) is 0.421. The van der Waals surface area contributed by atoms with Crippen LogP contribution >= 0.6 is 0 Å². The molecule has 0 fully saturated rings. The van der Waals surface area contributed by atoms with Crippen molar-refractivity contribution < 1.29 is 9.84 Å². The summed E-state index contributed by atoms with van der Waals surface area (Å²) < 4.78 is 7.72. The minimum atomic E-state index is -0.141. The van der Waals surface area contributed by atoms with Gasteiger partial charge < -0.3 is 9.84 Å². The average molecular weight is 383 g/mol. The molecule has 0 aliphatic heterocycles. The number of hydrogen-bond donors (Lipinski definition) is 1. The number of nitrogens with zero attached hydrogens (tertiary/aromatic N) is 5. The van der Waals surface area contributed by atoms with Crippen molar-refractivity contribution in [2.75, 3.05) is 0 Å². The molecule has 3 heterocycles. The van der Waals surface area contributed by atoms with E-state index < -0.39 is 0 Å². The number of ether oxygens (including phenoxy) is 1. The molecule has 2 aromatic carbocycles. The van der Waals surface area contributed by atoms with Crippen molar-refractivity contribution in [2.45, 2.75) is 13.0 Å². The minimum absolute atomic E-state index is 0.0624. The topological polar surface area (TPSA) is 86.0 Å². The van der Waals surface area contributed by atoms with Gasteiger partial charge >= 0.3 is 6.01 Å². The molecule has 5 aromatic rings. The van der Waals surface area contributed by atoms with Crippen LogP contribution in [0.5, 0.6) is 17.6 Å². The molecule has 0 spiro atoms. The van der Waals surface area contributed by atoms with Gasteiger partial charge in [-0.2, -0.15) is 15.1 Å². The standard InChI is InChI=1S/C22H17N5O2/c1-14(15-5-3-2-4-6-15)27-13-16-11-17(7-8-19(16)26-27)29-22-24-20-12-23-10-9-18(20)21(28)25-22/h2-14H,1H3,(H,24,25,28). The van der Waals surface area contributed by atoms with Gasteiger partial charge in [0.15, 0.2) is 0 Å². The Morgan fingerprint density at radius 2 is 1.86 bits per heavy atom. The fourth-order valence-electron chi connectivity index (χ4n) is 3.26. The molecule has 0 radical (unpaired) electrons. The molecule has 0 saturated heterocycles. The van der Waals surface area contributed by atoms with E-state index in [9.17, 15) is 5.11 Å². The van der Waals surface area contributed by atoms with Gasteiger partial charge in [0.25, 0.3) is 0 Å². The lowest BCUT2D eigenvalue weighted by molar-refractivity contribution is 0.412. The first-order chi connectivity index (χ1) is 14.2. The van der Waals surface area contributed by atoms with Gasteiger partial charge in [-0.25, -0.2) is 0 Å². The second kappa shape index (κ2) is 6.87. The van der Waals surface area contributed by atoms with Crippen LogP contribution in [0.2, 0.25) is 0 Å². The van der Waals surface area contributed by atoms with Crippen molar-refractivity contribution in [1.29, 1.82) is 0 Å². The molecule has 0 amide bonds. The Hall–Kier alpha value is -4.00. The molecule has 7 nitrogen and oxygen atoms in total. The predicted molar refractivity (Wildman–Crippen MR) is 109 cm³/mol. The molecule has 3 aromatic heterocycles. The lowest BCUT2D eigenvalue weighted by atomic mass is 10.1. The van der Waals surface area contributed by atoms with Crippen LogP contribution in [0, 0.1) is 0 Å². The molecular weight excluding hydrogens is 366 g/mol. The highest BCUT2D eigenvalue weighted by Crippen LogP contribution is 2.28. The number of aromatic nitrogens is 5. The smallest absolute Gasteiger partial charge is 0.325 e. The molecule has 0 bridgehead atoms. The quantitative estimate of drug-likeness (QED) is 0.492. The molecular formula is C22H17N5O2. The highest BCUT2D eigenvalue weighted by Gasteiger charge is 2.12. The van der Waals surface area contributed by atoms with Crippen molar-refractivity contribution in [3.63, 3.8) is 0 Å². The summed E-state index contributed by atoms with van der Waals surface area (Å²) in [6.45, 7) is 2.11. The number of aromatic hydroxyl groups is 1. The van der Waals surface area contributed by atoms with Gasteiger partial charge in [0, 0.05) is 17.8 Å². The molecule has 0 aliphatic carbocycles. The van der Waals surface area contributed by atoms with Crippen molar-refractivity contribution >= 4 is 21.8 Å². The maximum absolute atomic E-state index is 10.1. The molecule has 142 valence electrons. The van der Waals surface area contributed by atoms with Crippen LogP contribution < -0.4 is 4.74 Å². The van der Waals surface area contributed by atoms with Crippen LogP contribution in [0.15, 0.2) is 73.2 Å². The van der Waals surface area contributed by atoms with Crippen molar-refractivity contribution in [2.24, 2.45) is 0 Å². The Bertz CT molecular complexity index is 1320. The van der Waals surface area contributed by atoms with E-state index in [1.807, 2.05) is 41.2 Å². The number of pyridine rings is 1. The third kappa shape index (κ3) is 3.23. The summed E-state index contributed by atoms with van der Waals surface area (Å²) in [7, 11) is 0. The summed E-state index contributed by atoms with van der Waals surface area (Å²) in [6, 6.07) is 17.6. The van der Waals surface area contributed by atoms with Gasteiger partial charge in [-0.1, -0.05) is 30.3 Å². The van der Waals surface area contributed by atoms with Gasteiger partial charge in [-0.05, 0) is 36.8 Å². The first-order valence-corrected chi connectivity index (χ1v) is 9.20. The Morgan fingerprint density at radius 3 is 2.72 bits per heavy atom. The second-order valence-electron chi connectivity index (χ2n) is 6.74. The average Bonchev–Trinajstić information content (AvgIpc) is 3.17. The van der Waals surface area contributed by atoms with E-state index in [-0.39, 0.29) is 17.9 Å². The van der Waals surface area contributed by atoms with Crippen molar-refractivity contribution in [3.05, 3.63) is 78.8 Å². The van der Waals surface area contributed by atoms with Gasteiger partial charge in [0.05, 0.1) is 28.7 Å². The maximum atomic E-state index is 10.1. The van der Waals surface area contributed by atoms with Crippen LogP contribution in [-0.2, 0) is 0 Å². The van der Waals surface area contributed by atoms with Crippen LogP contribution in [0.1, 0.15) is 18.5 Å². The lowest BCUT2D eigenvalue weighted by Crippen LogP contribution is -2.06. The minimum Gasteiger partial charge on any atom is -0.493 e. The summed E-state index contributed by atoms with van der Waals surface area (Å²) in [5.41, 5.74) is 2.57. The summed E-state index contributed by atoms with van der Waals surface area (Å²) in [6.07, 6.45) is 5.12. The number of rotatable bonds is 4. The molecule has 0 saturated carbocycles. The Labute approximate surface area is 166 Å². The van der Waals surface area contributed by atoms with Gasteiger partial charge in [0.2, 0.25) is 5.88 Å². The fourth-order valence-corrected chi connectivity index (χ4v) is 3.26. The summed E-state index contributed by atoms with van der Waals surface area (Å²) in [4.78, 5) is 12.4. The van der Waals surface area contributed by atoms with E-state index in [1.165, 1.54) is 5.56 Å². The SMILES string of the molecule is CC(c1ccccc1)n1cc2cc(Oc3nc(O)c4ccncc4n3)ccc2n1. The zero-order valence-electron chi connectivity index (χ0n) is 15.6. The highest BCUT2D eigenvalue weighted by atomic mass is 16.5. The van der Waals surface area contributed by atoms with Crippen molar-refractivity contribution in [3.8, 4) is 17.6 Å². The largest absolute Gasteiger partial charge is 0.493 e. The lowest BCUT2D eigenvalue weighted by Gasteiger charge is -2.11. The van der Waals surface area contributed by atoms with E-state index in [1.54, 1.807) is 24.5 Å². The summed E-state index contributed by atoms with van der Waals surface area (Å²) in [5, 5.41) is 16.2. The van der Waals surface area contributed by atoms with Crippen LogP contribution in [-0.4, -0.2) is 29.8 Å². The predicted octanol–water partition coefficient (Wildman–Crippen LogP) is 4.48. The van der Waals surface area contributed by atoms with Crippen molar-refractivity contribution in [1.82, 2.24) is 24.7 Å². The van der Waals surface area contributed by atoms with Crippen LogP contribution in [0.25, 0.3) is 21.8 Å². The van der Waals surface area contributed by atoms with E-state index in [2.05, 4.69) is 39.1 Å². The zero-order chi connectivity index (χ0) is 19.8. The molecule has 1 N–H and O–H groups in total. The monoisotopic (exact) mass is 383 g/mol.